The van der Waals surface area contributed by atoms with Crippen LogP contribution in [0, 0.1) is 0 Å². The van der Waals surface area contributed by atoms with Crippen LogP contribution in [0.3, 0.4) is 0 Å². The molecule has 0 radical (unpaired) electrons. The zero-order valence-corrected chi connectivity index (χ0v) is 19.4. The fourth-order valence-electron chi connectivity index (χ4n) is 4.78. The molecule has 0 aliphatic heterocycles. The Labute approximate surface area is 196 Å². The van der Waals surface area contributed by atoms with Crippen LogP contribution in [0.1, 0.15) is 5.56 Å². The fraction of sp³-hybridized carbons (Fsp3) is 0.0323. The third-order valence-corrected chi connectivity index (χ3v) is 11.2. The SMILES string of the molecule is OCc1ccc(-c2ccc([PH](c3ccccc3)(c3ccccc3)c3ccccc3)cc2)cc1. The first-order chi connectivity index (χ1) is 16.3. The van der Waals surface area contributed by atoms with Gasteiger partial charge >= 0.3 is 196 Å². The summed E-state index contributed by atoms with van der Waals surface area (Å²) in [5, 5.41) is 14.8. The Balaban J connectivity index is 1.72. The maximum atomic E-state index is 9.35. The van der Waals surface area contributed by atoms with Crippen molar-refractivity contribution in [3.05, 3.63) is 145 Å². The third kappa shape index (κ3) is 4.02. The van der Waals surface area contributed by atoms with Gasteiger partial charge in [-0.05, 0) is 0 Å². The first-order valence-corrected chi connectivity index (χ1v) is 13.3. The molecule has 0 bridgehead atoms. The van der Waals surface area contributed by atoms with Crippen molar-refractivity contribution < 1.29 is 5.11 Å². The molecule has 33 heavy (non-hydrogen) atoms. The first-order valence-electron chi connectivity index (χ1n) is 11.3. The summed E-state index contributed by atoms with van der Waals surface area (Å²) in [6, 6.07) is 50.1. The Kier molecular flexibility index (Phi) is 6.17. The monoisotopic (exact) mass is 446 g/mol. The maximum absolute atomic E-state index is 9.35. The fourth-order valence-corrected chi connectivity index (χ4v) is 9.52. The molecule has 0 spiro atoms. The summed E-state index contributed by atoms with van der Waals surface area (Å²) >= 11 is 0. The van der Waals surface area contributed by atoms with E-state index in [9.17, 15) is 5.11 Å². The summed E-state index contributed by atoms with van der Waals surface area (Å²) in [7, 11) is -2.47. The summed E-state index contributed by atoms with van der Waals surface area (Å²) in [4.78, 5) is 0. The molecule has 5 aromatic carbocycles. The second-order valence-electron chi connectivity index (χ2n) is 8.28. The molecule has 1 nitrogen and oxygen atoms in total. The molecule has 5 aromatic rings. The molecule has 0 aromatic heterocycles. The van der Waals surface area contributed by atoms with Crippen LogP contribution in [-0.4, -0.2) is 5.11 Å². The molecule has 2 heteroatoms. The minimum absolute atomic E-state index is 0.0680. The Bertz CT molecular complexity index is 1200. The zero-order chi connectivity index (χ0) is 22.5. The van der Waals surface area contributed by atoms with Crippen molar-refractivity contribution in [1.29, 1.82) is 0 Å². The van der Waals surface area contributed by atoms with Gasteiger partial charge in [-0.1, -0.05) is 0 Å². The van der Waals surface area contributed by atoms with Crippen molar-refractivity contribution in [3.8, 4) is 11.1 Å². The molecule has 0 amide bonds. The van der Waals surface area contributed by atoms with Gasteiger partial charge in [0.2, 0.25) is 0 Å². The number of aliphatic hydroxyl groups excluding tert-OH is 1. The number of aliphatic hydroxyl groups is 1. The average Bonchev–Trinajstić information content (AvgIpc) is 2.91. The summed E-state index contributed by atoms with van der Waals surface area (Å²) in [5.74, 6) is 0. The van der Waals surface area contributed by atoms with Gasteiger partial charge in [0.25, 0.3) is 0 Å². The molecule has 5 rings (SSSR count). The molecule has 0 fully saturated rings. The van der Waals surface area contributed by atoms with Crippen molar-refractivity contribution in [1.82, 2.24) is 0 Å². The molecule has 0 unspecified atom stereocenters. The third-order valence-electron chi connectivity index (χ3n) is 6.41. The predicted molar refractivity (Wildman–Crippen MR) is 144 cm³/mol. The summed E-state index contributed by atoms with van der Waals surface area (Å²) < 4.78 is 0. The molecule has 0 aliphatic carbocycles. The van der Waals surface area contributed by atoms with Crippen LogP contribution in [0.4, 0.5) is 0 Å². The molecular weight excluding hydrogens is 419 g/mol. The van der Waals surface area contributed by atoms with Crippen LogP contribution in [0.15, 0.2) is 140 Å². The van der Waals surface area contributed by atoms with Gasteiger partial charge < -0.3 is 0 Å². The molecular formula is C31H27OP. The van der Waals surface area contributed by atoms with Crippen molar-refractivity contribution in [2.45, 2.75) is 6.61 Å². The summed E-state index contributed by atoms with van der Waals surface area (Å²) in [6.45, 7) is 0.0680. The van der Waals surface area contributed by atoms with E-state index >= 15 is 0 Å². The van der Waals surface area contributed by atoms with Gasteiger partial charge in [0.1, 0.15) is 0 Å². The summed E-state index contributed by atoms with van der Waals surface area (Å²) in [6.07, 6.45) is 0. The van der Waals surface area contributed by atoms with Crippen molar-refractivity contribution in [2.75, 3.05) is 0 Å². The van der Waals surface area contributed by atoms with E-state index in [0.29, 0.717) is 0 Å². The van der Waals surface area contributed by atoms with E-state index < -0.39 is 7.26 Å². The second-order valence-corrected chi connectivity index (χ2v) is 12.1. The van der Waals surface area contributed by atoms with Crippen LogP contribution in [0.5, 0.6) is 0 Å². The number of rotatable bonds is 6. The van der Waals surface area contributed by atoms with Gasteiger partial charge in [0.05, 0.1) is 0 Å². The quantitative estimate of drug-likeness (QED) is 0.356. The summed E-state index contributed by atoms with van der Waals surface area (Å²) in [5.41, 5.74) is 3.27. The van der Waals surface area contributed by atoms with E-state index in [1.807, 2.05) is 12.1 Å². The van der Waals surface area contributed by atoms with Crippen LogP contribution >= 0.6 is 7.26 Å². The Hall–Kier alpha value is -3.51. The molecule has 0 heterocycles. The van der Waals surface area contributed by atoms with Crippen molar-refractivity contribution in [3.63, 3.8) is 0 Å². The van der Waals surface area contributed by atoms with Crippen LogP contribution < -0.4 is 21.2 Å². The van der Waals surface area contributed by atoms with Crippen LogP contribution in [0.2, 0.25) is 0 Å². The van der Waals surface area contributed by atoms with Gasteiger partial charge in [-0.15, -0.1) is 0 Å². The zero-order valence-electron chi connectivity index (χ0n) is 18.4. The van der Waals surface area contributed by atoms with Gasteiger partial charge in [-0.3, -0.25) is 0 Å². The molecule has 0 atom stereocenters. The Morgan fingerprint density at radius 1 is 0.394 bits per heavy atom. The normalized spacial score (nSPS) is 11.8. The average molecular weight is 447 g/mol. The van der Waals surface area contributed by atoms with Gasteiger partial charge in [-0.2, -0.15) is 0 Å². The predicted octanol–water partition coefficient (Wildman–Crippen LogP) is 5.20. The van der Waals surface area contributed by atoms with E-state index in [2.05, 4.69) is 127 Å². The van der Waals surface area contributed by atoms with E-state index in [-0.39, 0.29) is 6.61 Å². The molecule has 0 saturated carbocycles. The minimum atomic E-state index is -2.47. The molecule has 0 aliphatic rings. The molecule has 162 valence electrons. The number of hydrogen-bond acceptors (Lipinski definition) is 1. The van der Waals surface area contributed by atoms with Gasteiger partial charge in [-0.25, -0.2) is 0 Å². The van der Waals surface area contributed by atoms with E-state index in [1.165, 1.54) is 26.8 Å². The van der Waals surface area contributed by atoms with Crippen LogP contribution in [-0.2, 0) is 6.61 Å². The number of hydrogen-bond donors (Lipinski definition) is 1. The Morgan fingerprint density at radius 2 is 0.727 bits per heavy atom. The standard InChI is InChI=1S/C31H27OP/c32-24-25-16-18-26(19-17-25)27-20-22-31(23-21-27)33(28-10-4-1-5-11-28,29-12-6-2-7-13-29)30-14-8-3-9-15-30/h1-23,32-33H,24H2. The second kappa shape index (κ2) is 9.55. The van der Waals surface area contributed by atoms with Crippen molar-refractivity contribution >= 4 is 28.5 Å². The number of benzene rings is 5. The van der Waals surface area contributed by atoms with Gasteiger partial charge in [0.15, 0.2) is 0 Å². The topological polar surface area (TPSA) is 20.2 Å². The first kappa shape index (κ1) is 21.3. The van der Waals surface area contributed by atoms with Crippen LogP contribution in [0.25, 0.3) is 11.1 Å². The Morgan fingerprint density at radius 3 is 1.09 bits per heavy atom. The van der Waals surface area contributed by atoms with Gasteiger partial charge in [0, 0.05) is 0 Å². The van der Waals surface area contributed by atoms with E-state index in [4.69, 9.17) is 0 Å². The molecule has 1 N–H and O–H groups in total. The van der Waals surface area contributed by atoms with E-state index in [0.717, 1.165) is 11.1 Å². The van der Waals surface area contributed by atoms with E-state index in [1.54, 1.807) is 0 Å². The van der Waals surface area contributed by atoms with Crippen molar-refractivity contribution in [2.24, 2.45) is 0 Å². The molecule has 0 saturated heterocycles.